The number of alkyl halides is 3. The number of carbonyl (C=O) groups is 2. The van der Waals surface area contributed by atoms with Crippen LogP contribution in [0.1, 0.15) is 12.5 Å². The molecule has 2 unspecified atom stereocenters. The van der Waals surface area contributed by atoms with Crippen LogP contribution in [0.2, 0.25) is 5.02 Å². The number of methoxy groups -OCH3 is 1. The average molecular weight is 462 g/mol. The Morgan fingerprint density at radius 3 is 2.29 bits per heavy atom. The lowest BCUT2D eigenvalue weighted by atomic mass is 10.3. The van der Waals surface area contributed by atoms with E-state index in [1.54, 1.807) is 0 Å². The van der Waals surface area contributed by atoms with Crippen molar-refractivity contribution in [3.05, 3.63) is 47.1 Å². The first-order valence-electron chi connectivity index (χ1n) is 8.78. The molecule has 0 aliphatic heterocycles. The highest BCUT2D eigenvalue weighted by atomic mass is 35.5. The Morgan fingerprint density at radius 2 is 1.77 bits per heavy atom. The standard InChI is InChI=1S/C19H19ClF3N3O5/c1-10(16(27)26-15(24-2)18(28)29-3)30-12-4-6-13(7-5-12)31-17-14(20)8-11(9-25-17)19(21,22)23/h4-10,15,24H,1-3H3,(H,26,27). The summed E-state index contributed by atoms with van der Waals surface area (Å²) in [6, 6.07) is 6.59. The molecule has 0 aliphatic rings. The minimum absolute atomic E-state index is 0.197. The molecule has 2 N–H and O–H groups in total. The number of amides is 1. The van der Waals surface area contributed by atoms with Gasteiger partial charge in [-0.3, -0.25) is 10.1 Å². The molecular weight excluding hydrogens is 443 g/mol. The van der Waals surface area contributed by atoms with Gasteiger partial charge in [-0.05, 0) is 44.3 Å². The molecule has 0 fully saturated rings. The Balaban J connectivity index is 1.99. The van der Waals surface area contributed by atoms with Crippen LogP contribution in [-0.2, 0) is 20.5 Å². The van der Waals surface area contributed by atoms with Gasteiger partial charge in [-0.15, -0.1) is 0 Å². The van der Waals surface area contributed by atoms with E-state index < -0.39 is 35.9 Å². The van der Waals surface area contributed by atoms with Gasteiger partial charge in [0.25, 0.3) is 5.91 Å². The first-order chi connectivity index (χ1) is 14.5. The van der Waals surface area contributed by atoms with Gasteiger partial charge in [-0.2, -0.15) is 13.2 Å². The first kappa shape index (κ1) is 24.2. The van der Waals surface area contributed by atoms with E-state index in [0.717, 1.165) is 0 Å². The van der Waals surface area contributed by atoms with Crippen LogP contribution in [0.4, 0.5) is 13.2 Å². The topological polar surface area (TPSA) is 98.8 Å². The second-order valence-electron chi connectivity index (χ2n) is 6.10. The Morgan fingerprint density at radius 1 is 1.16 bits per heavy atom. The summed E-state index contributed by atoms with van der Waals surface area (Å²) in [6.07, 6.45) is -5.92. The molecule has 0 aliphatic carbocycles. The lowest BCUT2D eigenvalue weighted by Crippen LogP contribution is -2.53. The van der Waals surface area contributed by atoms with Crippen LogP contribution in [0.3, 0.4) is 0 Å². The number of ether oxygens (including phenoxy) is 3. The van der Waals surface area contributed by atoms with Crippen LogP contribution in [0, 0.1) is 0 Å². The number of rotatable bonds is 8. The molecule has 0 spiro atoms. The van der Waals surface area contributed by atoms with Gasteiger partial charge in [0, 0.05) is 6.20 Å². The summed E-state index contributed by atoms with van der Waals surface area (Å²) in [7, 11) is 2.67. The summed E-state index contributed by atoms with van der Waals surface area (Å²) < 4.78 is 53.5. The monoisotopic (exact) mass is 461 g/mol. The predicted octanol–water partition coefficient (Wildman–Crippen LogP) is 3.15. The average Bonchev–Trinajstić information content (AvgIpc) is 2.73. The number of hydrogen-bond acceptors (Lipinski definition) is 7. The third-order valence-corrected chi connectivity index (χ3v) is 4.14. The van der Waals surface area contributed by atoms with Gasteiger partial charge < -0.3 is 19.5 Å². The first-order valence-corrected chi connectivity index (χ1v) is 9.15. The van der Waals surface area contributed by atoms with Crippen LogP contribution >= 0.6 is 11.6 Å². The lowest BCUT2D eigenvalue weighted by molar-refractivity contribution is -0.146. The number of aromatic nitrogens is 1. The minimum Gasteiger partial charge on any atom is -0.481 e. The van der Waals surface area contributed by atoms with Crippen molar-refractivity contribution in [1.29, 1.82) is 0 Å². The second-order valence-corrected chi connectivity index (χ2v) is 6.50. The molecule has 2 aromatic rings. The molecule has 1 heterocycles. The normalized spacial score (nSPS) is 13.1. The Hall–Kier alpha value is -3.05. The van der Waals surface area contributed by atoms with E-state index in [9.17, 15) is 22.8 Å². The highest BCUT2D eigenvalue weighted by Gasteiger charge is 2.32. The summed E-state index contributed by atoms with van der Waals surface area (Å²) >= 11 is 5.81. The fraction of sp³-hybridized carbons (Fsp3) is 0.316. The Bertz CT molecular complexity index is 925. The van der Waals surface area contributed by atoms with Crippen LogP contribution < -0.4 is 20.1 Å². The van der Waals surface area contributed by atoms with Crippen LogP contribution in [0.25, 0.3) is 0 Å². The molecular formula is C19H19ClF3N3O5. The highest BCUT2D eigenvalue weighted by Crippen LogP contribution is 2.34. The fourth-order valence-electron chi connectivity index (χ4n) is 2.24. The van der Waals surface area contributed by atoms with Crippen molar-refractivity contribution >= 4 is 23.5 Å². The van der Waals surface area contributed by atoms with E-state index in [-0.39, 0.29) is 16.7 Å². The highest BCUT2D eigenvalue weighted by molar-refractivity contribution is 6.31. The van der Waals surface area contributed by atoms with E-state index in [2.05, 4.69) is 20.4 Å². The molecule has 0 radical (unpaired) electrons. The number of carbonyl (C=O) groups excluding carboxylic acids is 2. The zero-order valence-corrected chi connectivity index (χ0v) is 17.4. The van der Waals surface area contributed by atoms with Crippen molar-refractivity contribution in [2.24, 2.45) is 0 Å². The number of benzene rings is 1. The third kappa shape index (κ3) is 6.72. The zero-order valence-electron chi connectivity index (χ0n) is 16.6. The van der Waals surface area contributed by atoms with Crippen LogP contribution in [0.15, 0.2) is 36.5 Å². The summed E-state index contributed by atoms with van der Waals surface area (Å²) in [5.41, 5.74) is -0.992. The quantitative estimate of drug-likeness (QED) is 0.460. The van der Waals surface area contributed by atoms with E-state index >= 15 is 0 Å². The number of nitrogens with one attached hydrogen (secondary N) is 2. The summed E-state index contributed by atoms with van der Waals surface area (Å²) in [6.45, 7) is 1.48. The number of esters is 1. The molecule has 1 aromatic heterocycles. The lowest BCUT2D eigenvalue weighted by Gasteiger charge is -2.19. The van der Waals surface area contributed by atoms with E-state index in [1.807, 2.05) is 0 Å². The van der Waals surface area contributed by atoms with Crippen molar-refractivity contribution in [3.8, 4) is 17.4 Å². The number of nitrogens with zero attached hydrogens (tertiary/aromatic N) is 1. The van der Waals surface area contributed by atoms with Gasteiger partial charge in [0.1, 0.15) is 16.5 Å². The molecule has 1 amide bonds. The molecule has 1 aromatic carbocycles. The Labute approximate surface area is 180 Å². The molecule has 168 valence electrons. The van der Waals surface area contributed by atoms with E-state index in [0.29, 0.717) is 18.0 Å². The summed E-state index contributed by atoms with van der Waals surface area (Å²) in [4.78, 5) is 27.3. The Kier molecular flexibility index (Phi) is 8.06. The maximum Gasteiger partial charge on any atom is 0.417 e. The van der Waals surface area contributed by atoms with Crippen molar-refractivity contribution in [3.63, 3.8) is 0 Å². The molecule has 0 bridgehead atoms. The van der Waals surface area contributed by atoms with Crippen molar-refractivity contribution in [1.82, 2.24) is 15.6 Å². The molecule has 8 nitrogen and oxygen atoms in total. The van der Waals surface area contributed by atoms with Gasteiger partial charge >= 0.3 is 12.1 Å². The van der Waals surface area contributed by atoms with Crippen LogP contribution in [-0.4, -0.2) is 43.3 Å². The second kappa shape index (κ2) is 10.3. The number of hydrogen-bond donors (Lipinski definition) is 2. The minimum atomic E-state index is -4.57. The fourth-order valence-corrected chi connectivity index (χ4v) is 2.44. The maximum absolute atomic E-state index is 12.7. The van der Waals surface area contributed by atoms with Crippen molar-refractivity contribution < 1.29 is 37.0 Å². The molecule has 12 heteroatoms. The van der Waals surface area contributed by atoms with E-state index in [1.165, 1.54) is 45.3 Å². The van der Waals surface area contributed by atoms with Gasteiger partial charge in [0.15, 0.2) is 12.3 Å². The molecule has 0 saturated carbocycles. The summed E-state index contributed by atoms with van der Waals surface area (Å²) in [5.74, 6) is -0.886. The molecule has 31 heavy (non-hydrogen) atoms. The SMILES string of the molecule is CNC(NC(=O)C(C)Oc1ccc(Oc2ncc(C(F)(F)F)cc2Cl)cc1)C(=O)OC. The smallest absolute Gasteiger partial charge is 0.417 e. The largest absolute Gasteiger partial charge is 0.481 e. The van der Waals surface area contributed by atoms with Crippen molar-refractivity contribution in [2.75, 3.05) is 14.2 Å². The van der Waals surface area contributed by atoms with Gasteiger partial charge in [0.2, 0.25) is 5.88 Å². The number of likely N-dealkylation sites (N-methyl/N-ethyl adjacent to an activating group) is 1. The van der Waals surface area contributed by atoms with Gasteiger partial charge in [-0.1, -0.05) is 11.6 Å². The van der Waals surface area contributed by atoms with Gasteiger partial charge in [0.05, 0.1) is 12.7 Å². The molecule has 2 atom stereocenters. The van der Waals surface area contributed by atoms with Crippen LogP contribution in [0.5, 0.6) is 17.4 Å². The number of halogens is 4. The predicted molar refractivity (Wildman–Crippen MR) is 104 cm³/mol. The summed E-state index contributed by atoms with van der Waals surface area (Å²) in [5, 5.41) is 4.72. The third-order valence-electron chi connectivity index (χ3n) is 3.87. The van der Waals surface area contributed by atoms with Gasteiger partial charge in [-0.25, -0.2) is 9.78 Å². The maximum atomic E-state index is 12.7. The number of pyridine rings is 1. The molecule has 0 saturated heterocycles. The van der Waals surface area contributed by atoms with Crippen molar-refractivity contribution in [2.45, 2.75) is 25.4 Å². The van der Waals surface area contributed by atoms with E-state index in [4.69, 9.17) is 21.1 Å². The zero-order chi connectivity index (χ0) is 23.2. The molecule has 2 rings (SSSR count).